The molecule has 0 spiro atoms. The van der Waals surface area contributed by atoms with E-state index in [2.05, 4.69) is 78.3 Å². The Morgan fingerprint density at radius 3 is 0.944 bits per heavy atom. The van der Waals surface area contributed by atoms with Crippen molar-refractivity contribution in [3.8, 4) is 19.8 Å². The second-order valence-corrected chi connectivity index (χ2v) is 53.2. The summed E-state index contributed by atoms with van der Waals surface area (Å²) in [6, 6.07) is 5.22. The molecule has 0 bridgehead atoms. The summed E-state index contributed by atoms with van der Waals surface area (Å²) in [5.74, 6) is 0. The molecule has 0 amide bonds. The van der Waals surface area contributed by atoms with E-state index in [9.17, 15) is 0 Å². The zero-order valence-electron chi connectivity index (χ0n) is 36.1. The van der Waals surface area contributed by atoms with Crippen molar-refractivity contribution in [3.63, 3.8) is 0 Å². The van der Waals surface area contributed by atoms with Crippen LogP contribution in [0.1, 0.15) is 179 Å². The zero-order valence-corrected chi connectivity index (χ0v) is 45.0. The second-order valence-electron chi connectivity index (χ2n) is 18.4. The fourth-order valence-corrected chi connectivity index (χ4v) is 22.7. The summed E-state index contributed by atoms with van der Waals surface area (Å²) in [5.41, 5.74) is 3.14. The van der Waals surface area contributed by atoms with Crippen LogP contribution in [0.3, 0.4) is 0 Å². The summed E-state index contributed by atoms with van der Waals surface area (Å²) in [6.07, 6.45) is 36.2. The molecule has 4 aromatic heterocycles. The Hall–Kier alpha value is 0.517. The van der Waals surface area contributed by atoms with Crippen molar-refractivity contribution < 1.29 is 0 Å². The maximum atomic E-state index is 5.34. The molecular weight excluding hydrogens is 946 g/mol. The molecule has 0 aliphatic heterocycles. The molecule has 4 heterocycles. The third kappa shape index (κ3) is 16.3. The van der Waals surface area contributed by atoms with Gasteiger partial charge in [-0.25, -0.2) is 0 Å². The van der Waals surface area contributed by atoms with Gasteiger partial charge in [0.1, 0.15) is 0 Å². The molecule has 4 aromatic rings. The fourth-order valence-electron chi connectivity index (χ4n) is 7.48. The number of unbranched alkanes of at least 4 members (excludes halogenated alkanes) is 22. The van der Waals surface area contributed by atoms with Crippen LogP contribution >= 0.6 is 45.3 Å². The molecule has 0 aliphatic carbocycles. The fraction of sp³-hybridized carbons (Fsp3) is 0.739. The summed E-state index contributed by atoms with van der Waals surface area (Å²) in [5, 5.41) is 2.45. The zero-order chi connectivity index (χ0) is 38.8. The van der Waals surface area contributed by atoms with E-state index < -0.39 is 36.8 Å². The number of fused-ring (bicyclic) bond motifs is 1. The first-order valence-corrected chi connectivity index (χ1v) is 45.8. The van der Waals surface area contributed by atoms with Gasteiger partial charge >= 0.3 is 296 Å². The summed E-state index contributed by atoms with van der Waals surface area (Å²) < 4.78 is 3.39. The number of hydrogen-bond acceptors (Lipinski definition) is 6. The summed E-state index contributed by atoms with van der Waals surface area (Å²) in [6.45, 7) is 4.62. The molecule has 4 rings (SSSR count). The van der Waals surface area contributed by atoms with Crippen molar-refractivity contribution in [2.45, 2.75) is 210 Å². The summed E-state index contributed by atoms with van der Waals surface area (Å²) >= 11 is 3.49. The van der Waals surface area contributed by atoms with Crippen LogP contribution in [0.4, 0.5) is 0 Å². The molecule has 54 heavy (non-hydrogen) atoms. The Kier molecular flexibility index (Phi) is 22.0. The predicted molar refractivity (Wildman–Crippen MR) is 257 cm³/mol. The average molecular weight is 1020 g/mol. The maximum absolute atomic E-state index is 5.34. The predicted octanol–water partition coefficient (Wildman–Crippen LogP) is 16.8. The van der Waals surface area contributed by atoms with E-state index in [0.717, 1.165) is 9.66 Å². The second kappa shape index (κ2) is 25.2. The topological polar surface area (TPSA) is 25.8 Å². The normalized spacial score (nSPS) is 12.5. The van der Waals surface area contributed by atoms with Crippen LogP contribution < -0.4 is 5.79 Å². The molecule has 8 heteroatoms. The van der Waals surface area contributed by atoms with Gasteiger partial charge in [0.05, 0.1) is 0 Å². The molecule has 0 fully saturated rings. The number of thiazole rings is 2. The third-order valence-electron chi connectivity index (χ3n) is 11.1. The van der Waals surface area contributed by atoms with Crippen LogP contribution in [0.15, 0.2) is 12.1 Å². The van der Waals surface area contributed by atoms with E-state index >= 15 is 0 Å². The van der Waals surface area contributed by atoms with E-state index in [1.54, 1.807) is 16.9 Å². The van der Waals surface area contributed by atoms with E-state index in [4.69, 9.17) is 9.97 Å². The quantitative estimate of drug-likeness (QED) is 0.0384. The monoisotopic (exact) mass is 1030 g/mol. The van der Waals surface area contributed by atoms with Crippen molar-refractivity contribution >= 4 is 97.5 Å². The summed E-state index contributed by atoms with van der Waals surface area (Å²) in [4.78, 5) is 31.3. The Balaban J connectivity index is 1.33. The van der Waals surface area contributed by atoms with Gasteiger partial charge in [0.2, 0.25) is 0 Å². The van der Waals surface area contributed by atoms with Crippen molar-refractivity contribution in [1.29, 1.82) is 0 Å². The van der Waals surface area contributed by atoms with Crippen LogP contribution in [0, 0.1) is 0 Å². The standard InChI is InChI=1S/C40H60N2S4.6CH3.2Sn/c1-3-5-7-9-11-13-15-17-19-21-23-25-27-33-29-31-43-35(33)37-41-39-40(45-37)42-38(46-39)36-34(30-32-44-36)28-26-24-22-20-18-16-14-12-10-8-6-4-2;;;;;;;;/h29-30H,3-28H2,1-2H3;6*1H3;;. The van der Waals surface area contributed by atoms with Gasteiger partial charge in [-0.15, -0.1) is 0 Å². The Labute approximate surface area is 357 Å². The number of rotatable bonds is 30. The third-order valence-corrected chi connectivity index (χ3v) is 34.6. The molecule has 0 aliphatic rings. The molecule has 0 unspecified atom stereocenters. The van der Waals surface area contributed by atoms with Crippen LogP contribution in [0.5, 0.6) is 0 Å². The molecule has 0 saturated carbocycles. The first kappa shape index (κ1) is 47.2. The van der Waals surface area contributed by atoms with E-state index in [1.165, 1.54) is 187 Å². The molecule has 2 nitrogen and oxygen atoms in total. The SMILES string of the molecule is CCCCCCCCCCCCCCc1c[c]([Sn]([CH3])([CH3])[CH3])sc1-c1nc2sc(-c3s[c]([Sn]([CH3])([CH3])[CH3])cc3CCCCCCCCCCCCCC)nc2s1. The molecular formula is C46H78N2S4Sn2. The molecule has 0 aromatic carbocycles. The molecule has 0 saturated heterocycles. The van der Waals surface area contributed by atoms with Crippen molar-refractivity contribution in [2.75, 3.05) is 0 Å². The van der Waals surface area contributed by atoms with Crippen LogP contribution in [-0.2, 0) is 12.8 Å². The van der Waals surface area contributed by atoms with Gasteiger partial charge in [0.25, 0.3) is 0 Å². The molecule has 0 N–H and O–H groups in total. The van der Waals surface area contributed by atoms with Gasteiger partial charge < -0.3 is 0 Å². The van der Waals surface area contributed by atoms with E-state index in [-0.39, 0.29) is 0 Å². The first-order chi connectivity index (χ1) is 26.0. The van der Waals surface area contributed by atoms with Crippen molar-refractivity contribution in [2.24, 2.45) is 0 Å². The number of nitrogens with zero attached hydrogens (tertiary/aromatic N) is 2. The molecule has 304 valence electrons. The van der Waals surface area contributed by atoms with Crippen LogP contribution in [-0.4, -0.2) is 46.7 Å². The minimum atomic E-state index is -2.20. The molecule has 0 radical (unpaired) electrons. The van der Waals surface area contributed by atoms with Crippen LogP contribution in [0.2, 0.25) is 29.6 Å². The van der Waals surface area contributed by atoms with Crippen molar-refractivity contribution in [1.82, 2.24) is 9.97 Å². The van der Waals surface area contributed by atoms with Gasteiger partial charge in [-0.1, -0.05) is 65.2 Å². The number of thiophene rings is 2. The Morgan fingerprint density at radius 1 is 0.389 bits per heavy atom. The average Bonchev–Trinajstić information content (AvgIpc) is 3.91. The van der Waals surface area contributed by atoms with Crippen molar-refractivity contribution in [3.05, 3.63) is 23.3 Å². The summed E-state index contributed by atoms with van der Waals surface area (Å²) in [7, 11) is 0. The van der Waals surface area contributed by atoms with E-state index in [1.807, 2.05) is 22.7 Å². The number of hydrogen-bond donors (Lipinski definition) is 0. The first-order valence-electron chi connectivity index (χ1n) is 22.6. The van der Waals surface area contributed by atoms with Gasteiger partial charge in [-0.05, 0) is 0 Å². The number of aryl methyl sites for hydroxylation is 2. The van der Waals surface area contributed by atoms with Gasteiger partial charge in [0, 0.05) is 0 Å². The minimum absolute atomic E-state index is 1.15. The molecule has 0 atom stereocenters. The van der Waals surface area contributed by atoms with Crippen LogP contribution in [0.25, 0.3) is 29.4 Å². The van der Waals surface area contributed by atoms with E-state index in [0.29, 0.717) is 0 Å². The van der Waals surface area contributed by atoms with Gasteiger partial charge in [0.15, 0.2) is 0 Å². The Bertz CT molecular complexity index is 1450. The van der Waals surface area contributed by atoms with Gasteiger partial charge in [-0.2, -0.15) is 0 Å². The van der Waals surface area contributed by atoms with Gasteiger partial charge in [-0.3, -0.25) is 0 Å². The Morgan fingerprint density at radius 2 is 0.667 bits per heavy atom. The number of aromatic nitrogens is 2.